The molecule has 0 heterocycles. The lowest BCUT2D eigenvalue weighted by molar-refractivity contribution is -0.135. The summed E-state index contributed by atoms with van der Waals surface area (Å²) in [5, 5.41) is 9.93. The zero-order valence-electron chi connectivity index (χ0n) is 9.12. The predicted molar refractivity (Wildman–Crippen MR) is 63.6 cm³/mol. The molecule has 0 spiro atoms. The Labute approximate surface area is 98.4 Å². The topological polar surface area (TPSA) is 37.3 Å². The summed E-state index contributed by atoms with van der Waals surface area (Å²) in [5.74, 6) is -0.172. The molecule has 0 fully saturated rings. The van der Waals surface area contributed by atoms with Gasteiger partial charge in [-0.05, 0) is 6.07 Å². The SMILES string of the molecule is CC(C)(C)C(=O)C(O)c1ccccc1Br. The molecule has 0 bridgehead atoms. The van der Waals surface area contributed by atoms with Crippen molar-refractivity contribution in [3.05, 3.63) is 34.3 Å². The Balaban J connectivity index is 3.01. The first-order valence-electron chi connectivity index (χ1n) is 4.81. The van der Waals surface area contributed by atoms with E-state index in [9.17, 15) is 9.90 Å². The molecule has 0 aliphatic rings. The molecule has 3 heteroatoms. The fourth-order valence-electron chi connectivity index (χ4n) is 1.25. The van der Waals surface area contributed by atoms with Gasteiger partial charge in [-0.25, -0.2) is 0 Å². The molecule has 0 saturated heterocycles. The molecule has 0 aromatic heterocycles. The van der Waals surface area contributed by atoms with Crippen LogP contribution in [0.5, 0.6) is 0 Å². The molecule has 1 aromatic rings. The van der Waals surface area contributed by atoms with Gasteiger partial charge in [-0.2, -0.15) is 0 Å². The maximum Gasteiger partial charge on any atom is 0.171 e. The molecule has 2 nitrogen and oxygen atoms in total. The molecular weight excluding hydrogens is 256 g/mol. The summed E-state index contributed by atoms with van der Waals surface area (Å²) in [7, 11) is 0. The van der Waals surface area contributed by atoms with Crippen LogP contribution >= 0.6 is 15.9 Å². The standard InChI is InChI=1S/C12H15BrO2/c1-12(2,3)11(15)10(14)8-6-4-5-7-9(8)13/h4-7,10,14H,1-3H3. The number of carbonyl (C=O) groups is 1. The third kappa shape index (κ3) is 2.89. The highest BCUT2D eigenvalue weighted by molar-refractivity contribution is 9.10. The molecule has 0 saturated carbocycles. The number of aliphatic hydroxyl groups excluding tert-OH is 1. The van der Waals surface area contributed by atoms with Crippen molar-refractivity contribution in [2.24, 2.45) is 5.41 Å². The van der Waals surface area contributed by atoms with Gasteiger partial charge in [-0.3, -0.25) is 4.79 Å². The van der Waals surface area contributed by atoms with Crippen molar-refractivity contribution >= 4 is 21.7 Å². The molecule has 0 aliphatic heterocycles. The number of benzene rings is 1. The van der Waals surface area contributed by atoms with Crippen molar-refractivity contribution in [2.75, 3.05) is 0 Å². The van der Waals surface area contributed by atoms with E-state index in [2.05, 4.69) is 15.9 Å². The molecular formula is C12H15BrO2. The van der Waals surface area contributed by atoms with Crippen LogP contribution in [0.1, 0.15) is 32.4 Å². The minimum atomic E-state index is -1.06. The van der Waals surface area contributed by atoms with Crippen LogP contribution in [0.25, 0.3) is 0 Å². The lowest BCUT2D eigenvalue weighted by atomic mass is 9.85. The predicted octanol–water partition coefficient (Wildman–Crippen LogP) is 3.10. The largest absolute Gasteiger partial charge is 0.380 e. The van der Waals surface area contributed by atoms with E-state index < -0.39 is 11.5 Å². The Bertz CT molecular complexity index is 366. The highest BCUT2D eigenvalue weighted by Gasteiger charge is 2.29. The van der Waals surface area contributed by atoms with Gasteiger partial charge in [0.15, 0.2) is 5.78 Å². The fourth-order valence-corrected chi connectivity index (χ4v) is 1.75. The summed E-state index contributed by atoms with van der Waals surface area (Å²) >= 11 is 3.32. The Morgan fingerprint density at radius 2 is 1.87 bits per heavy atom. The number of aliphatic hydroxyl groups is 1. The molecule has 1 N–H and O–H groups in total. The third-order valence-corrected chi connectivity index (χ3v) is 2.91. The van der Waals surface area contributed by atoms with E-state index in [4.69, 9.17) is 0 Å². The number of halogens is 1. The van der Waals surface area contributed by atoms with Crippen molar-refractivity contribution < 1.29 is 9.90 Å². The van der Waals surface area contributed by atoms with Crippen LogP contribution in [0.3, 0.4) is 0 Å². The zero-order chi connectivity index (χ0) is 11.6. The maximum atomic E-state index is 11.8. The van der Waals surface area contributed by atoms with Gasteiger partial charge in [0.2, 0.25) is 0 Å². The molecule has 82 valence electrons. The smallest absolute Gasteiger partial charge is 0.171 e. The molecule has 1 atom stereocenters. The second-order valence-corrected chi connectivity index (χ2v) is 5.39. The summed E-state index contributed by atoms with van der Waals surface area (Å²) in [4.78, 5) is 11.8. The summed E-state index contributed by atoms with van der Waals surface area (Å²) in [6.07, 6.45) is -1.06. The number of rotatable bonds is 2. The number of hydrogen-bond donors (Lipinski definition) is 1. The quantitative estimate of drug-likeness (QED) is 0.897. The Morgan fingerprint density at radius 3 is 2.33 bits per heavy atom. The molecule has 15 heavy (non-hydrogen) atoms. The number of ketones is 1. The molecule has 1 aromatic carbocycles. The first-order valence-corrected chi connectivity index (χ1v) is 5.60. The first kappa shape index (κ1) is 12.4. The molecule has 0 aliphatic carbocycles. The second-order valence-electron chi connectivity index (χ2n) is 4.54. The summed E-state index contributed by atoms with van der Waals surface area (Å²) in [5.41, 5.74) is 0.0896. The van der Waals surface area contributed by atoms with Crippen molar-refractivity contribution in [2.45, 2.75) is 26.9 Å². The average molecular weight is 271 g/mol. The van der Waals surface area contributed by atoms with Crippen molar-refractivity contribution in [3.63, 3.8) is 0 Å². The van der Waals surface area contributed by atoms with Crippen LogP contribution in [0.15, 0.2) is 28.7 Å². The third-order valence-electron chi connectivity index (χ3n) is 2.19. The van der Waals surface area contributed by atoms with E-state index in [0.717, 1.165) is 4.47 Å². The molecule has 0 radical (unpaired) electrons. The van der Waals surface area contributed by atoms with Crippen LogP contribution in [0.2, 0.25) is 0 Å². The Hall–Kier alpha value is -0.670. The normalized spacial score (nSPS) is 13.7. The average Bonchev–Trinajstić information content (AvgIpc) is 2.15. The van der Waals surface area contributed by atoms with Gasteiger partial charge in [0.1, 0.15) is 6.10 Å². The van der Waals surface area contributed by atoms with E-state index in [1.54, 1.807) is 32.9 Å². The second kappa shape index (κ2) is 4.45. The monoisotopic (exact) mass is 270 g/mol. The Morgan fingerprint density at radius 1 is 1.33 bits per heavy atom. The van der Waals surface area contributed by atoms with Crippen molar-refractivity contribution in [1.82, 2.24) is 0 Å². The van der Waals surface area contributed by atoms with Crippen LogP contribution in [0.4, 0.5) is 0 Å². The minimum absolute atomic E-state index is 0.172. The van der Waals surface area contributed by atoms with Gasteiger partial charge in [-0.15, -0.1) is 0 Å². The van der Waals surface area contributed by atoms with Gasteiger partial charge in [0.05, 0.1) is 0 Å². The van der Waals surface area contributed by atoms with Crippen LogP contribution < -0.4 is 0 Å². The van der Waals surface area contributed by atoms with Gasteiger partial charge < -0.3 is 5.11 Å². The first-order chi connectivity index (χ1) is 6.84. The van der Waals surface area contributed by atoms with E-state index in [1.807, 2.05) is 12.1 Å². The van der Waals surface area contributed by atoms with Crippen molar-refractivity contribution in [1.29, 1.82) is 0 Å². The van der Waals surface area contributed by atoms with Gasteiger partial charge in [-0.1, -0.05) is 54.9 Å². The number of carbonyl (C=O) groups excluding carboxylic acids is 1. The maximum absolute atomic E-state index is 11.8. The lowest BCUT2D eigenvalue weighted by Crippen LogP contribution is -2.26. The summed E-state index contributed by atoms with van der Waals surface area (Å²) < 4.78 is 0.759. The summed E-state index contributed by atoms with van der Waals surface area (Å²) in [6.45, 7) is 5.40. The molecule has 1 rings (SSSR count). The molecule has 1 unspecified atom stereocenters. The van der Waals surface area contributed by atoms with E-state index in [0.29, 0.717) is 5.56 Å². The fraction of sp³-hybridized carbons (Fsp3) is 0.417. The van der Waals surface area contributed by atoms with Gasteiger partial charge in [0, 0.05) is 15.5 Å². The van der Waals surface area contributed by atoms with E-state index >= 15 is 0 Å². The zero-order valence-corrected chi connectivity index (χ0v) is 10.7. The highest BCUT2D eigenvalue weighted by Crippen LogP contribution is 2.29. The summed E-state index contributed by atoms with van der Waals surface area (Å²) in [6, 6.07) is 7.22. The van der Waals surface area contributed by atoms with Crippen molar-refractivity contribution in [3.8, 4) is 0 Å². The van der Waals surface area contributed by atoms with Crippen LogP contribution in [-0.2, 0) is 4.79 Å². The van der Waals surface area contributed by atoms with Crippen LogP contribution in [0, 0.1) is 5.41 Å². The van der Waals surface area contributed by atoms with E-state index in [1.165, 1.54) is 0 Å². The minimum Gasteiger partial charge on any atom is -0.380 e. The lowest BCUT2D eigenvalue weighted by Gasteiger charge is -2.21. The highest BCUT2D eigenvalue weighted by atomic mass is 79.9. The number of Topliss-reactive ketones (excluding diaryl/α,β-unsaturated/α-hetero) is 1. The van der Waals surface area contributed by atoms with E-state index in [-0.39, 0.29) is 5.78 Å². The molecule has 0 amide bonds. The Kier molecular flexibility index (Phi) is 3.68. The van der Waals surface area contributed by atoms with Crippen LogP contribution in [-0.4, -0.2) is 10.9 Å². The number of hydrogen-bond acceptors (Lipinski definition) is 2. The van der Waals surface area contributed by atoms with Gasteiger partial charge >= 0.3 is 0 Å². The van der Waals surface area contributed by atoms with Gasteiger partial charge in [0.25, 0.3) is 0 Å².